The highest BCUT2D eigenvalue weighted by Crippen LogP contribution is 2.34. The molecule has 24 heavy (non-hydrogen) atoms. The van der Waals surface area contributed by atoms with Crippen LogP contribution in [0.4, 0.5) is 13.2 Å². The number of alkyl halides is 3. The molecule has 0 aromatic heterocycles. The summed E-state index contributed by atoms with van der Waals surface area (Å²) >= 11 is 6.11. The van der Waals surface area contributed by atoms with Gasteiger partial charge in [0.25, 0.3) is 0 Å². The van der Waals surface area contributed by atoms with Crippen LogP contribution in [0.2, 0.25) is 5.02 Å². The van der Waals surface area contributed by atoms with Gasteiger partial charge in [0.1, 0.15) is 0 Å². The maximum absolute atomic E-state index is 12.8. The fourth-order valence-corrected chi connectivity index (χ4v) is 3.84. The van der Waals surface area contributed by atoms with Crippen molar-refractivity contribution in [3.05, 3.63) is 34.3 Å². The van der Waals surface area contributed by atoms with Gasteiger partial charge in [-0.2, -0.15) is 13.2 Å². The smallest absolute Gasteiger partial charge is 0.302 e. The molecule has 0 N–H and O–H groups in total. The molecule has 6 heteroatoms. The van der Waals surface area contributed by atoms with Gasteiger partial charge in [-0.25, -0.2) is 0 Å². The monoisotopic (exact) mass is 362 g/mol. The van der Waals surface area contributed by atoms with E-state index >= 15 is 0 Å². The summed E-state index contributed by atoms with van der Waals surface area (Å²) in [5.41, 5.74) is 0.160. The third-order valence-corrected chi connectivity index (χ3v) is 5.62. The van der Waals surface area contributed by atoms with Gasteiger partial charge >= 0.3 is 6.18 Å². The number of nitrogens with zero attached hydrogens (tertiary/aromatic N) is 2. The first-order chi connectivity index (χ1) is 11.2. The highest BCUT2D eigenvalue weighted by Gasteiger charge is 2.37. The Hall–Kier alpha value is -0.780. The summed E-state index contributed by atoms with van der Waals surface area (Å²) in [6.07, 6.45) is -0.520. The zero-order valence-corrected chi connectivity index (χ0v) is 15.3. The summed E-state index contributed by atoms with van der Waals surface area (Å²) in [5.74, 6) is 0. The lowest BCUT2D eigenvalue weighted by Crippen LogP contribution is -2.56. The average molecular weight is 363 g/mol. The minimum atomic E-state index is -4.35. The second kappa shape index (κ2) is 7.63. The van der Waals surface area contributed by atoms with Crippen molar-refractivity contribution in [3.8, 4) is 0 Å². The van der Waals surface area contributed by atoms with Gasteiger partial charge in [-0.3, -0.25) is 0 Å². The number of hydrogen-bond acceptors (Lipinski definition) is 2. The van der Waals surface area contributed by atoms with Crippen molar-refractivity contribution in [1.82, 2.24) is 9.80 Å². The largest absolute Gasteiger partial charge is 0.416 e. The SMILES string of the molecule is CCN1CCC[C@](CCc2ccc(C(F)(F)F)cc2Cl)(N(C)C)C1. The molecule has 2 nitrogen and oxygen atoms in total. The highest BCUT2D eigenvalue weighted by molar-refractivity contribution is 6.31. The second-order valence-electron chi connectivity index (χ2n) is 6.90. The van der Waals surface area contributed by atoms with Gasteiger partial charge in [0.15, 0.2) is 0 Å². The molecule has 1 aromatic carbocycles. The molecule has 136 valence electrons. The van der Waals surface area contributed by atoms with Crippen molar-refractivity contribution in [2.24, 2.45) is 0 Å². The molecule has 1 fully saturated rings. The van der Waals surface area contributed by atoms with Crippen LogP contribution in [0.1, 0.15) is 37.3 Å². The summed E-state index contributed by atoms with van der Waals surface area (Å²) in [6, 6.07) is 3.69. The van der Waals surface area contributed by atoms with E-state index < -0.39 is 11.7 Å². The van der Waals surface area contributed by atoms with Crippen LogP contribution >= 0.6 is 11.6 Å². The number of likely N-dealkylation sites (N-methyl/N-ethyl adjacent to an activating group) is 2. The Balaban J connectivity index is 2.13. The van der Waals surface area contributed by atoms with Crippen LogP contribution in [-0.4, -0.2) is 49.1 Å². The van der Waals surface area contributed by atoms with E-state index in [-0.39, 0.29) is 10.6 Å². The second-order valence-corrected chi connectivity index (χ2v) is 7.30. The number of benzene rings is 1. The third-order valence-electron chi connectivity index (χ3n) is 5.27. The molecule has 0 unspecified atom stereocenters. The van der Waals surface area contributed by atoms with E-state index in [0.717, 1.165) is 56.6 Å². The number of likely N-dealkylation sites (tertiary alicyclic amines) is 1. The van der Waals surface area contributed by atoms with E-state index in [1.807, 2.05) is 0 Å². The van der Waals surface area contributed by atoms with Crippen LogP contribution in [0.5, 0.6) is 0 Å². The molecule has 0 saturated carbocycles. The lowest BCUT2D eigenvalue weighted by atomic mass is 9.82. The fourth-order valence-electron chi connectivity index (χ4n) is 3.56. The molecule has 0 radical (unpaired) electrons. The van der Waals surface area contributed by atoms with Gasteiger partial charge < -0.3 is 9.80 Å². The van der Waals surface area contributed by atoms with Crippen molar-refractivity contribution in [2.45, 2.75) is 44.3 Å². The first-order valence-electron chi connectivity index (χ1n) is 8.43. The Morgan fingerprint density at radius 3 is 2.54 bits per heavy atom. The number of aryl methyl sites for hydroxylation is 1. The summed E-state index contributed by atoms with van der Waals surface area (Å²) in [4.78, 5) is 4.71. The number of halogens is 4. The van der Waals surface area contributed by atoms with Crippen LogP contribution < -0.4 is 0 Å². The molecule has 0 bridgehead atoms. The van der Waals surface area contributed by atoms with Gasteiger partial charge in [0, 0.05) is 17.1 Å². The zero-order valence-electron chi connectivity index (χ0n) is 14.6. The summed E-state index contributed by atoms with van der Waals surface area (Å²) in [7, 11) is 4.18. The molecule has 1 aromatic rings. The Kier molecular flexibility index (Phi) is 6.21. The maximum atomic E-state index is 12.8. The summed E-state index contributed by atoms with van der Waals surface area (Å²) in [6.45, 7) is 5.30. The topological polar surface area (TPSA) is 6.48 Å². The molecule has 1 aliphatic rings. The predicted molar refractivity (Wildman–Crippen MR) is 92.5 cm³/mol. The van der Waals surface area contributed by atoms with E-state index in [1.165, 1.54) is 6.07 Å². The van der Waals surface area contributed by atoms with Crippen molar-refractivity contribution in [2.75, 3.05) is 33.7 Å². The van der Waals surface area contributed by atoms with Crippen molar-refractivity contribution >= 4 is 11.6 Å². The summed E-state index contributed by atoms with van der Waals surface area (Å²) < 4.78 is 38.3. The minimum absolute atomic E-state index is 0.0558. The summed E-state index contributed by atoms with van der Waals surface area (Å²) in [5, 5.41) is 0.210. The van der Waals surface area contributed by atoms with E-state index in [2.05, 4.69) is 30.8 Å². The number of hydrogen-bond donors (Lipinski definition) is 0. The van der Waals surface area contributed by atoms with Gasteiger partial charge in [0.05, 0.1) is 5.56 Å². The van der Waals surface area contributed by atoms with E-state index in [4.69, 9.17) is 11.6 Å². The molecular weight excluding hydrogens is 337 g/mol. The molecule has 2 rings (SSSR count). The van der Waals surface area contributed by atoms with Gasteiger partial charge in [0.2, 0.25) is 0 Å². The molecular formula is C18H26ClF3N2. The first-order valence-corrected chi connectivity index (χ1v) is 8.81. The standard InChI is InChI=1S/C18H26ClF3N2/c1-4-24-11-5-9-17(13-24,23(2)3)10-8-14-6-7-15(12-16(14)19)18(20,21)22/h6-7,12H,4-5,8-11,13H2,1-3H3/t17-/m1/s1. The molecule has 1 heterocycles. The Morgan fingerprint density at radius 2 is 2.00 bits per heavy atom. The quantitative estimate of drug-likeness (QED) is 0.748. The zero-order chi connectivity index (χ0) is 18.0. The molecule has 0 spiro atoms. The molecule has 1 aliphatic heterocycles. The Bertz CT molecular complexity index is 560. The van der Waals surface area contributed by atoms with Crippen molar-refractivity contribution < 1.29 is 13.2 Å². The minimum Gasteiger partial charge on any atom is -0.302 e. The average Bonchev–Trinajstić information content (AvgIpc) is 2.52. The van der Waals surface area contributed by atoms with Crippen molar-refractivity contribution in [3.63, 3.8) is 0 Å². The normalized spacial score (nSPS) is 23.0. The number of piperidine rings is 1. The van der Waals surface area contributed by atoms with Crippen LogP contribution in [0.15, 0.2) is 18.2 Å². The van der Waals surface area contributed by atoms with E-state index in [9.17, 15) is 13.2 Å². The Labute approximate surface area is 147 Å². The first kappa shape index (κ1) is 19.5. The van der Waals surface area contributed by atoms with Crippen LogP contribution in [-0.2, 0) is 12.6 Å². The molecule has 0 aliphatic carbocycles. The highest BCUT2D eigenvalue weighted by atomic mass is 35.5. The van der Waals surface area contributed by atoms with Crippen LogP contribution in [0.3, 0.4) is 0 Å². The molecule has 0 amide bonds. The fraction of sp³-hybridized carbons (Fsp3) is 0.667. The van der Waals surface area contributed by atoms with Crippen LogP contribution in [0, 0.1) is 0 Å². The van der Waals surface area contributed by atoms with Crippen LogP contribution in [0.25, 0.3) is 0 Å². The van der Waals surface area contributed by atoms with E-state index in [0.29, 0.717) is 6.42 Å². The predicted octanol–water partition coefficient (Wildman–Crippen LogP) is 4.71. The number of rotatable bonds is 5. The van der Waals surface area contributed by atoms with Crippen molar-refractivity contribution in [1.29, 1.82) is 0 Å². The third kappa shape index (κ3) is 4.44. The molecule has 1 saturated heterocycles. The van der Waals surface area contributed by atoms with Gasteiger partial charge in [-0.1, -0.05) is 24.6 Å². The maximum Gasteiger partial charge on any atom is 0.416 e. The Morgan fingerprint density at radius 1 is 1.29 bits per heavy atom. The van der Waals surface area contributed by atoms with Gasteiger partial charge in [-0.05, 0) is 70.6 Å². The van der Waals surface area contributed by atoms with Gasteiger partial charge in [-0.15, -0.1) is 0 Å². The lowest BCUT2D eigenvalue weighted by Gasteiger charge is -2.47. The van der Waals surface area contributed by atoms with E-state index in [1.54, 1.807) is 0 Å². The molecule has 1 atom stereocenters. The lowest BCUT2D eigenvalue weighted by molar-refractivity contribution is -0.137.